The van der Waals surface area contributed by atoms with E-state index in [1.54, 1.807) is 22.7 Å². The maximum Gasteiger partial charge on any atom is 0.183 e. The Labute approximate surface area is 173 Å². The highest BCUT2D eigenvalue weighted by Gasteiger charge is 2.12. The largest absolute Gasteiger partial charge is 0.357 e. The molecule has 0 saturated heterocycles. The third kappa shape index (κ3) is 4.66. The average molecular weight is 410 g/mol. The molecular weight excluding hydrogens is 386 g/mol. The van der Waals surface area contributed by atoms with Crippen molar-refractivity contribution in [3.63, 3.8) is 0 Å². The molecule has 0 aromatic carbocycles. The summed E-state index contributed by atoms with van der Waals surface area (Å²) in [7, 11) is 0. The molecule has 0 aliphatic heterocycles. The summed E-state index contributed by atoms with van der Waals surface area (Å²) in [5.74, 6) is 0. The third-order valence-corrected chi connectivity index (χ3v) is 6.44. The lowest BCUT2D eigenvalue weighted by Gasteiger charge is -2.03. The number of nitrogens with one attached hydrogen (secondary N) is 1. The van der Waals surface area contributed by atoms with Crippen LogP contribution >= 0.6 is 22.7 Å². The van der Waals surface area contributed by atoms with Crippen molar-refractivity contribution in [1.82, 2.24) is 19.7 Å². The summed E-state index contributed by atoms with van der Waals surface area (Å²) >= 11 is 3.42. The first-order valence-corrected chi connectivity index (χ1v) is 11.1. The summed E-state index contributed by atoms with van der Waals surface area (Å²) in [6.07, 6.45) is 4.04. The molecule has 0 spiro atoms. The van der Waals surface area contributed by atoms with Crippen LogP contribution in [0.5, 0.6) is 0 Å². The summed E-state index contributed by atoms with van der Waals surface area (Å²) in [4.78, 5) is 11.7. The molecule has 0 aliphatic carbocycles. The van der Waals surface area contributed by atoms with E-state index in [1.807, 2.05) is 24.6 Å². The van der Waals surface area contributed by atoms with Crippen molar-refractivity contribution in [1.29, 1.82) is 0 Å². The van der Waals surface area contributed by atoms with Crippen molar-refractivity contribution in [2.75, 3.05) is 5.32 Å². The van der Waals surface area contributed by atoms with Gasteiger partial charge < -0.3 is 5.32 Å². The van der Waals surface area contributed by atoms with Gasteiger partial charge in [-0.05, 0) is 56.3 Å². The summed E-state index contributed by atoms with van der Waals surface area (Å²) in [6.45, 7) is 5.78. The van der Waals surface area contributed by atoms with E-state index in [9.17, 15) is 0 Å². The minimum Gasteiger partial charge on any atom is -0.357 e. The zero-order chi connectivity index (χ0) is 19.3. The molecule has 28 heavy (non-hydrogen) atoms. The van der Waals surface area contributed by atoms with E-state index < -0.39 is 0 Å². The summed E-state index contributed by atoms with van der Waals surface area (Å²) in [6, 6.07) is 12.5. The van der Waals surface area contributed by atoms with Gasteiger partial charge in [0.25, 0.3) is 0 Å². The number of thiazole rings is 1. The predicted octanol–water partition coefficient (Wildman–Crippen LogP) is 5.32. The van der Waals surface area contributed by atoms with Crippen LogP contribution in [0.15, 0.2) is 48.0 Å². The molecule has 0 unspecified atom stereocenters. The fourth-order valence-electron chi connectivity index (χ4n) is 3.05. The Morgan fingerprint density at radius 3 is 2.82 bits per heavy atom. The van der Waals surface area contributed by atoms with Crippen molar-refractivity contribution < 1.29 is 0 Å². The molecule has 4 aromatic rings. The summed E-state index contributed by atoms with van der Waals surface area (Å²) < 4.78 is 2.02. The van der Waals surface area contributed by atoms with Gasteiger partial charge in [-0.3, -0.25) is 9.67 Å². The van der Waals surface area contributed by atoms with Crippen molar-refractivity contribution in [2.24, 2.45) is 0 Å². The number of hydrogen-bond donors (Lipinski definition) is 1. The van der Waals surface area contributed by atoms with E-state index in [4.69, 9.17) is 5.10 Å². The van der Waals surface area contributed by atoms with Gasteiger partial charge in [-0.15, -0.1) is 11.3 Å². The molecule has 4 rings (SSSR count). The molecule has 4 aromatic heterocycles. The summed E-state index contributed by atoms with van der Waals surface area (Å²) in [5.41, 5.74) is 4.23. The monoisotopic (exact) mass is 409 g/mol. The normalized spacial score (nSPS) is 11.1. The quantitative estimate of drug-likeness (QED) is 0.428. The zero-order valence-electron chi connectivity index (χ0n) is 16.1. The van der Waals surface area contributed by atoms with E-state index in [-0.39, 0.29) is 0 Å². The molecule has 7 heteroatoms. The van der Waals surface area contributed by atoms with Crippen molar-refractivity contribution in [3.8, 4) is 10.6 Å². The van der Waals surface area contributed by atoms with Gasteiger partial charge in [0.15, 0.2) is 5.13 Å². The minimum absolute atomic E-state index is 0.811. The SMILES string of the molecule is Cc1cccc(CCCn2ccc(-c3sc(NCc4cccs4)nc3C)n2)n1. The second-order valence-electron chi connectivity index (χ2n) is 6.70. The topological polar surface area (TPSA) is 55.6 Å². The first-order valence-electron chi connectivity index (χ1n) is 9.37. The fraction of sp³-hybridized carbons (Fsp3) is 0.286. The van der Waals surface area contributed by atoms with Gasteiger partial charge >= 0.3 is 0 Å². The number of anilines is 1. The molecule has 0 atom stereocenters. The highest BCUT2D eigenvalue weighted by Crippen LogP contribution is 2.32. The molecular formula is C21H23N5S2. The average Bonchev–Trinajstić information content (AvgIpc) is 3.41. The van der Waals surface area contributed by atoms with Crippen LogP contribution in [0.25, 0.3) is 10.6 Å². The minimum atomic E-state index is 0.811. The Hall–Kier alpha value is -2.51. The van der Waals surface area contributed by atoms with Crippen molar-refractivity contribution >= 4 is 27.8 Å². The Bertz CT molecular complexity index is 1030. The highest BCUT2D eigenvalue weighted by atomic mass is 32.1. The molecule has 0 saturated carbocycles. The fourth-order valence-corrected chi connectivity index (χ4v) is 4.63. The Morgan fingerprint density at radius 1 is 1.07 bits per heavy atom. The number of rotatable bonds is 8. The maximum absolute atomic E-state index is 4.75. The van der Waals surface area contributed by atoms with Gasteiger partial charge in [-0.2, -0.15) is 5.10 Å². The van der Waals surface area contributed by atoms with Gasteiger partial charge in [0, 0.05) is 29.0 Å². The van der Waals surface area contributed by atoms with Gasteiger partial charge in [0.1, 0.15) is 5.69 Å². The molecule has 0 radical (unpaired) electrons. The molecule has 0 aliphatic rings. The van der Waals surface area contributed by atoms with Crippen molar-refractivity contribution in [2.45, 2.75) is 39.8 Å². The van der Waals surface area contributed by atoms with Crippen LogP contribution < -0.4 is 5.32 Å². The van der Waals surface area contributed by atoms with Crippen LogP contribution in [0.4, 0.5) is 5.13 Å². The van der Waals surface area contributed by atoms with Crippen LogP contribution in [0.2, 0.25) is 0 Å². The lowest BCUT2D eigenvalue weighted by atomic mass is 10.2. The smallest absolute Gasteiger partial charge is 0.183 e. The molecule has 5 nitrogen and oxygen atoms in total. The molecule has 144 valence electrons. The number of aryl methyl sites for hydroxylation is 4. The molecule has 0 bridgehead atoms. The van der Waals surface area contributed by atoms with Crippen LogP contribution in [0, 0.1) is 13.8 Å². The lowest BCUT2D eigenvalue weighted by Crippen LogP contribution is -2.01. The number of aromatic nitrogens is 4. The lowest BCUT2D eigenvalue weighted by molar-refractivity contribution is 0.576. The number of pyridine rings is 1. The summed E-state index contributed by atoms with van der Waals surface area (Å²) in [5, 5.41) is 11.2. The maximum atomic E-state index is 4.75. The second kappa shape index (κ2) is 8.67. The van der Waals surface area contributed by atoms with Crippen molar-refractivity contribution in [3.05, 3.63) is 69.9 Å². The molecule has 4 heterocycles. The van der Waals surface area contributed by atoms with E-state index in [1.165, 1.54) is 4.88 Å². The van der Waals surface area contributed by atoms with Gasteiger partial charge in [0.05, 0.1) is 17.1 Å². The third-order valence-electron chi connectivity index (χ3n) is 4.43. The first kappa shape index (κ1) is 18.8. The zero-order valence-corrected chi connectivity index (χ0v) is 17.7. The van der Waals surface area contributed by atoms with Gasteiger partial charge in [0.2, 0.25) is 0 Å². The molecule has 1 N–H and O–H groups in total. The van der Waals surface area contributed by atoms with E-state index >= 15 is 0 Å². The van der Waals surface area contributed by atoms with Crippen LogP contribution in [0.1, 0.15) is 28.4 Å². The van der Waals surface area contributed by atoms with Crippen LogP contribution in [-0.2, 0) is 19.5 Å². The van der Waals surface area contributed by atoms with E-state index in [0.29, 0.717) is 0 Å². The first-order chi connectivity index (χ1) is 13.7. The molecule has 0 fully saturated rings. The second-order valence-corrected chi connectivity index (χ2v) is 8.74. The van der Waals surface area contributed by atoms with Gasteiger partial charge in [-0.25, -0.2) is 4.98 Å². The molecule has 0 amide bonds. The highest BCUT2D eigenvalue weighted by molar-refractivity contribution is 7.19. The number of nitrogens with zero attached hydrogens (tertiary/aromatic N) is 4. The number of hydrogen-bond acceptors (Lipinski definition) is 6. The van der Waals surface area contributed by atoms with E-state index in [0.717, 1.165) is 58.7 Å². The Kier molecular flexibility index (Phi) is 5.83. The number of thiophene rings is 1. The van der Waals surface area contributed by atoms with Crippen LogP contribution in [-0.4, -0.2) is 19.7 Å². The van der Waals surface area contributed by atoms with Gasteiger partial charge in [-0.1, -0.05) is 23.5 Å². The Morgan fingerprint density at radius 2 is 2.00 bits per heavy atom. The standard InChI is InChI=1S/C21H23N5S2/c1-15-6-3-7-17(23-15)8-4-11-26-12-10-19(25-26)20-16(2)24-21(28-20)22-14-18-9-5-13-27-18/h3,5-7,9-10,12-13H,4,8,11,14H2,1-2H3,(H,22,24). The van der Waals surface area contributed by atoms with Crippen LogP contribution in [0.3, 0.4) is 0 Å². The van der Waals surface area contributed by atoms with E-state index in [2.05, 4.69) is 57.2 Å². The Balaban J connectivity index is 1.35. The predicted molar refractivity (Wildman–Crippen MR) is 117 cm³/mol.